The standard InChI is InChI=1S/C22H26FNO2/c1-15(16-2-6-20(25)7-3-16)12-24-13-17-10-22(11-18(17)14-24)26-21-8-4-19(23)5-9-21/h2-9,15,17-18,22,25H,10-14H2,1H3/t15?,17-,18+,22?. The van der Waals surface area contributed by atoms with Gasteiger partial charge in [0.25, 0.3) is 0 Å². The minimum atomic E-state index is -0.223. The van der Waals surface area contributed by atoms with Crippen LogP contribution in [0.1, 0.15) is 31.2 Å². The summed E-state index contributed by atoms with van der Waals surface area (Å²) < 4.78 is 19.1. The fourth-order valence-electron chi connectivity index (χ4n) is 4.59. The van der Waals surface area contributed by atoms with Crippen LogP contribution in [0.3, 0.4) is 0 Å². The van der Waals surface area contributed by atoms with Gasteiger partial charge in [-0.3, -0.25) is 0 Å². The summed E-state index contributed by atoms with van der Waals surface area (Å²) in [5.74, 6) is 2.73. The average molecular weight is 355 g/mol. The minimum Gasteiger partial charge on any atom is -0.508 e. The van der Waals surface area contributed by atoms with Gasteiger partial charge in [-0.15, -0.1) is 0 Å². The summed E-state index contributed by atoms with van der Waals surface area (Å²) >= 11 is 0. The van der Waals surface area contributed by atoms with Crippen LogP contribution in [0.15, 0.2) is 48.5 Å². The third-order valence-corrected chi connectivity index (χ3v) is 5.89. The number of hydrogen-bond donors (Lipinski definition) is 1. The molecule has 1 aliphatic heterocycles. The summed E-state index contributed by atoms with van der Waals surface area (Å²) in [7, 11) is 0. The number of halogens is 1. The fourth-order valence-corrected chi connectivity index (χ4v) is 4.59. The number of fused-ring (bicyclic) bond motifs is 1. The van der Waals surface area contributed by atoms with Crippen molar-refractivity contribution in [2.24, 2.45) is 11.8 Å². The Balaban J connectivity index is 1.28. The van der Waals surface area contributed by atoms with E-state index in [1.54, 1.807) is 24.3 Å². The number of benzene rings is 2. The van der Waals surface area contributed by atoms with Gasteiger partial charge in [0.15, 0.2) is 0 Å². The molecule has 2 aliphatic rings. The maximum Gasteiger partial charge on any atom is 0.123 e. The molecular formula is C22H26FNO2. The van der Waals surface area contributed by atoms with E-state index in [2.05, 4.69) is 11.8 Å². The summed E-state index contributed by atoms with van der Waals surface area (Å²) in [5.41, 5.74) is 1.28. The molecule has 2 fully saturated rings. The number of rotatable bonds is 5. The average Bonchev–Trinajstić information content (AvgIpc) is 3.15. The van der Waals surface area contributed by atoms with Crippen molar-refractivity contribution in [3.8, 4) is 11.5 Å². The van der Waals surface area contributed by atoms with Crippen molar-refractivity contribution in [2.75, 3.05) is 19.6 Å². The Bertz CT molecular complexity index is 717. The lowest BCUT2D eigenvalue weighted by Crippen LogP contribution is -2.28. The lowest BCUT2D eigenvalue weighted by atomic mass is 10.0. The van der Waals surface area contributed by atoms with Crippen LogP contribution in [0.25, 0.3) is 0 Å². The van der Waals surface area contributed by atoms with Crippen molar-refractivity contribution >= 4 is 0 Å². The van der Waals surface area contributed by atoms with Crippen molar-refractivity contribution in [2.45, 2.75) is 31.8 Å². The Morgan fingerprint density at radius 1 is 1.04 bits per heavy atom. The quantitative estimate of drug-likeness (QED) is 0.861. The van der Waals surface area contributed by atoms with Crippen molar-refractivity contribution in [1.82, 2.24) is 4.90 Å². The normalized spacial score (nSPS) is 26.6. The van der Waals surface area contributed by atoms with Crippen LogP contribution in [0.5, 0.6) is 11.5 Å². The van der Waals surface area contributed by atoms with Gasteiger partial charge in [0.1, 0.15) is 17.3 Å². The first-order valence-electron chi connectivity index (χ1n) is 9.50. The van der Waals surface area contributed by atoms with Crippen LogP contribution in [0.2, 0.25) is 0 Å². The number of phenolic OH excluding ortho intramolecular Hbond substituents is 1. The van der Waals surface area contributed by atoms with Gasteiger partial charge in [-0.1, -0.05) is 19.1 Å². The molecule has 138 valence electrons. The highest BCUT2D eigenvalue weighted by molar-refractivity contribution is 5.28. The second kappa shape index (κ2) is 7.28. The predicted octanol–water partition coefficient (Wildman–Crippen LogP) is 4.42. The minimum absolute atomic E-state index is 0.223. The molecule has 1 saturated carbocycles. The molecule has 26 heavy (non-hydrogen) atoms. The van der Waals surface area contributed by atoms with Gasteiger partial charge < -0.3 is 14.7 Å². The highest BCUT2D eigenvalue weighted by atomic mass is 19.1. The van der Waals surface area contributed by atoms with E-state index in [0.717, 1.165) is 38.2 Å². The molecular weight excluding hydrogens is 329 g/mol. The third-order valence-electron chi connectivity index (χ3n) is 5.89. The second-order valence-corrected chi connectivity index (χ2v) is 7.90. The summed E-state index contributed by atoms with van der Waals surface area (Å²) in [6.45, 7) is 5.58. The van der Waals surface area contributed by atoms with Crippen LogP contribution in [-0.4, -0.2) is 35.7 Å². The van der Waals surface area contributed by atoms with Crippen LogP contribution in [-0.2, 0) is 0 Å². The molecule has 2 unspecified atom stereocenters. The zero-order valence-corrected chi connectivity index (χ0v) is 15.1. The second-order valence-electron chi connectivity index (χ2n) is 7.90. The Morgan fingerprint density at radius 2 is 1.65 bits per heavy atom. The third kappa shape index (κ3) is 3.85. The SMILES string of the molecule is CC(CN1C[C@H]2CC(Oc3ccc(F)cc3)C[C@H]2C1)c1ccc(O)cc1. The van der Waals surface area contributed by atoms with Gasteiger partial charge in [-0.2, -0.15) is 0 Å². The fraction of sp³-hybridized carbons (Fsp3) is 0.455. The van der Waals surface area contributed by atoms with Crippen LogP contribution in [0.4, 0.5) is 4.39 Å². The van der Waals surface area contributed by atoms with E-state index in [9.17, 15) is 9.50 Å². The molecule has 0 amide bonds. The zero-order chi connectivity index (χ0) is 18.1. The Hall–Kier alpha value is -2.07. The number of likely N-dealkylation sites (tertiary alicyclic amines) is 1. The van der Waals surface area contributed by atoms with Gasteiger partial charge >= 0.3 is 0 Å². The highest BCUT2D eigenvalue weighted by Crippen LogP contribution is 2.40. The van der Waals surface area contributed by atoms with Crippen molar-refractivity contribution in [3.05, 3.63) is 59.9 Å². The van der Waals surface area contributed by atoms with E-state index in [0.29, 0.717) is 23.5 Å². The lowest BCUT2D eigenvalue weighted by molar-refractivity contribution is 0.184. The monoisotopic (exact) mass is 355 g/mol. The molecule has 3 nitrogen and oxygen atoms in total. The highest BCUT2D eigenvalue weighted by Gasteiger charge is 2.41. The number of hydrogen-bond acceptors (Lipinski definition) is 3. The summed E-state index contributed by atoms with van der Waals surface area (Å²) in [6.07, 6.45) is 2.44. The molecule has 1 N–H and O–H groups in total. The molecule has 2 aromatic carbocycles. The van der Waals surface area contributed by atoms with Gasteiger partial charge in [0, 0.05) is 19.6 Å². The first-order valence-corrected chi connectivity index (χ1v) is 9.50. The van der Waals surface area contributed by atoms with E-state index in [4.69, 9.17) is 4.74 Å². The van der Waals surface area contributed by atoms with Crippen LogP contribution in [0, 0.1) is 17.7 Å². The molecule has 0 spiro atoms. The lowest BCUT2D eigenvalue weighted by Gasteiger charge is -2.23. The topological polar surface area (TPSA) is 32.7 Å². The molecule has 1 saturated heterocycles. The van der Waals surface area contributed by atoms with Crippen LogP contribution < -0.4 is 4.74 Å². The van der Waals surface area contributed by atoms with Gasteiger partial charge in [-0.25, -0.2) is 4.39 Å². The zero-order valence-electron chi connectivity index (χ0n) is 15.1. The summed E-state index contributed by atoms with van der Waals surface area (Å²) in [5, 5.41) is 9.43. The molecule has 0 bridgehead atoms. The number of ether oxygens (including phenoxy) is 1. The molecule has 1 aliphatic carbocycles. The Labute approximate surface area is 154 Å². The van der Waals surface area contributed by atoms with E-state index in [1.165, 1.54) is 17.7 Å². The summed E-state index contributed by atoms with van der Waals surface area (Å²) in [4.78, 5) is 2.57. The van der Waals surface area contributed by atoms with Gasteiger partial charge in [0.2, 0.25) is 0 Å². The van der Waals surface area contributed by atoms with Gasteiger partial charge in [-0.05, 0) is 72.6 Å². The number of aromatic hydroxyl groups is 1. The van der Waals surface area contributed by atoms with E-state index in [1.807, 2.05) is 12.1 Å². The predicted molar refractivity (Wildman–Crippen MR) is 100.0 cm³/mol. The molecule has 1 heterocycles. The molecule has 0 radical (unpaired) electrons. The van der Waals surface area contributed by atoms with E-state index >= 15 is 0 Å². The number of phenols is 1. The Morgan fingerprint density at radius 3 is 2.27 bits per heavy atom. The van der Waals surface area contributed by atoms with Crippen molar-refractivity contribution in [3.63, 3.8) is 0 Å². The first kappa shape index (κ1) is 17.3. The molecule has 4 heteroatoms. The first-order chi connectivity index (χ1) is 12.6. The van der Waals surface area contributed by atoms with Crippen molar-refractivity contribution < 1.29 is 14.2 Å². The Kier molecular flexibility index (Phi) is 4.86. The van der Waals surface area contributed by atoms with Gasteiger partial charge in [0.05, 0.1) is 6.10 Å². The maximum atomic E-state index is 13.0. The smallest absolute Gasteiger partial charge is 0.123 e. The maximum absolute atomic E-state index is 13.0. The molecule has 0 aromatic heterocycles. The van der Waals surface area contributed by atoms with Crippen LogP contribution >= 0.6 is 0 Å². The van der Waals surface area contributed by atoms with E-state index in [-0.39, 0.29) is 11.9 Å². The number of nitrogens with zero attached hydrogens (tertiary/aromatic N) is 1. The molecule has 2 aromatic rings. The van der Waals surface area contributed by atoms with E-state index < -0.39 is 0 Å². The van der Waals surface area contributed by atoms with Crippen molar-refractivity contribution in [1.29, 1.82) is 0 Å². The molecule has 4 atom stereocenters. The largest absolute Gasteiger partial charge is 0.508 e. The summed E-state index contributed by atoms with van der Waals surface area (Å²) in [6, 6.07) is 13.9. The molecule has 4 rings (SSSR count).